The summed E-state index contributed by atoms with van der Waals surface area (Å²) in [6.45, 7) is 1.98. The third kappa shape index (κ3) is 3.46. The lowest BCUT2D eigenvalue weighted by atomic mass is 10.1. The van der Waals surface area contributed by atoms with Crippen molar-refractivity contribution in [2.75, 3.05) is 14.2 Å². The second-order valence-electron chi connectivity index (χ2n) is 5.34. The molecule has 3 rings (SSSR count). The fourth-order valence-electron chi connectivity index (χ4n) is 2.43. The van der Waals surface area contributed by atoms with Crippen molar-refractivity contribution in [3.05, 3.63) is 58.4 Å². The molecule has 2 aromatic carbocycles. The van der Waals surface area contributed by atoms with Gasteiger partial charge in [-0.05, 0) is 36.8 Å². The van der Waals surface area contributed by atoms with E-state index in [4.69, 9.17) is 21.7 Å². The number of nitrogens with one attached hydrogen (secondary N) is 1. The lowest BCUT2D eigenvalue weighted by Crippen LogP contribution is -1.98. The van der Waals surface area contributed by atoms with Crippen LogP contribution in [0.25, 0.3) is 11.4 Å². The van der Waals surface area contributed by atoms with Gasteiger partial charge < -0.3 is 9.47 Å². The van der Waals surface area contributed by atoms with Gasteiger partial charge in [0.15, 0.2) is 17.3 Å². The zero-order valence-electron chi connectivity index (χ0n) is 14.2. The van der Waals surface area contributed by atoms with Crippen LogP contribution >= 0.6 is 12.2 Å². The number of nitrogens with zero attached hydrogens (tertiary/aromatic N) is 3. The molecule has 0 aliphatic rings. The largest absolute Gasteiger partial charge is 0.493 e. The molecule has 7 heteroatoms. The minimum absolute atomic E-state index is 0.424. The van der Waals surface area contributed by atoms with Crippen molar-refractivity contribution in [3.63, 3.8) is 0 Å². The summed E-state index contributed by atoms with van der Waals surface area (Å²) in [6, 6.07) is 13.5. The highest BCUT2D eigenvalue weighted by Crippen LogP contribution is 2.29. The van der Waals surface area contributed by atoms with Crippen LogP contribution in [0.3, 0.4) is 0 Å². The van der Waals surface area contributed by atoms with Crippen molar-refractivity contribution >= 4 is 18.4 Å². The first-order valence-corrected chi connectivity index (χ1v) is 8.04. The Balaban J connectivity index is 2.01. The van der Waals surface area contributed by atoms with Crippen LogP contribution in [-0.4, -0.2) is 35.3 Å². The Labute approximate surface area is 150 Å². The predicted octanol–water partition coefficient (Wildman–Crippen LogP) is 3.82. The Bertz CT molecular complexity index is 961. The molecule has 0 unspecified atom stereocenters. The van der Waals surface area contributed by atoms with Gasteiger partial charge in [0.05, 0.1) is 20.4 Å². The van der Waals surface area contributed by atoms with Gasteiger partial charge in [0, 0.05) is 11.1 Å². The molecule has 1 heterocycles. The Hall–Kier alpha value is -2.93. The van der Waals surface area contributed by atoms with Crippen molar-refractivity contribution in [2.45, 2.75) is 6.92 Å². The molecule has 128 valence electrons. The number of aromatic amines is 1. The fourth-order valence-corrected chi connectivity index (χ4v) is 2.61. The lowest BCUT2D eigenvalue weighted by Gasteiger charge is -2.10. The van der Waals surface area contributed by atoms with Crippen molar-refractivity contribution in [1.82, 2.24) is 14.9 Å². The molecular weight excluding hydrogens is 336 g/mol. The van der Waals surface area contributed by atoms with Gasteiger partial charge >= 0.3 is 0 Å². The smallest absolute Gasteiger partial charge is 0.216 e. The van der Waals surface area contributed by atoms with E-state index in [0.29, 0.717) is 22.1 Å². The van der Waals surface area contributed by atoms with E-state index in [9.17, 15) is 0 Å². The van der Waals surface area contributed by atoms with Gasteiger partial charge in [-0.2, -0.15) is 14.9 Å². The third-order valence-corrected chi connectivity index (χ3v) is 4.03. The molecule has 25 heavy (non-hydrogen) atoms. The molecule has 0 spiro atoms. The summed E-state index contributed by atoms with van der Waals surface area (Å²) in [5, 5.41) is 11.6. The number of aromatic nitrogens is 3. The number of ether oxygens (including phenoxy) is 2. The molecule has 0 fully saturated rings. The number of methoxy groups -OCH3 is 2. The summed E-state index contributed by atoms with van der Waals surface area (Å²) in [5.74, 6) is 1.98. The van der Waals surface area contributed by atoms with Crippen LogP contribution in [0, 0.1) is 11.7 Å². The lowest BCUT2D eigenvalue weighted by molar-refractivity contribution is 0.354. The monoisotopic (exact) mass is 354 g/mol. The highest BCUT2D eigenvalue weighted by Gasteiger charge is 2.09. The molecule has 0 saturated heterocycles. The van der Waals surface area contributed by atoms with Crippen molar-refractivity contribution in [3.8, 4) is 22.9 Å². The molecule has 6 nitrogen and oxygen atoms in total. The maximum absolute atomic E-state index is 5.35. The zero-order chi connectivity index (χ0) is 17.8. The van der Waals surface area contributed by atoms with E-state index in [0.717, 1.165) is 16.7 Å². The van der Waals surface area contributed by atoms with E-state index in [-0.39, 0.29) is 0 Å². The molecule has 1 N–H and O–H groups in total. The van der Waals surface area contributed by atoms with Crippen LogP contribution in [0.15, 0.2) is 47.6 Å². The first-order valence-electron chi connectivity index (χ1n) is 7.64. The molecule has 0 aliphatic carbocycles. The number of rotatable bonds is 5. The molecule has 0 amide bonds. The van der Waals surface area contributed by atoms with E-state index in [1.807, 2.05) is 49.4 Å². The summed E-state index contributed by atoms with van der Waals surface area (Å²) in [5.41, 5.74) is 2.84. The Morgan fingerprint density at radius 2 is 1.80 bits per heavy atom. The van der Waals surface area contributed by atoms with Crippen LogP contribution in [0.5, 0.6) is 11.5 Å². The average molecular weight is 354 g/mol. The number of aryl methyl sites for hydroxylation is 1. The van der Waals surface area contributed by atoms with Gasteiger partial charge in [0.25, 0.3) is 0 Å². The molecule has 0 atom stereocenters. The van der Waals surface area contributed by atoms with E-state index < -0.39 is 0 Å². The average Bonchev–Trinajstić information content (AvgIpc) is 3.01. The Morgan fingerprint density at radius 1 is 1.12 bits per heavy atom. The first kappa shape index (κ1) is 16.9. The van der Waals surface area contributed by atoms with Crippen LogP contribution in [0.4, 0.5) is 0 Å². The van der Waals surface area contributed by atoms with Gasteiger partial charge in [0.1, 0.15) is 0 Å². The second-order valence-corrected chi connectivity index (χ2v) is 5.73. The topological polar surface area (TPSA) is 64.4 Å². The van der Waals surface area contributed by atoms with E-state index in [1.54, 1.807) is 25.1 Å². The first-order chi connectivity index (χ1) is 12.1. The van der Waals surface area contributed by atoms with Crippen molar-refractivity contribution in [1.29, 1.82) is 0 Å². The Morgan fingerprint density at radius 3 is 2.48 bits per heavy atom. The third-order valence-electron chi connectivity index (χ3n) is 3.77. The van der Waals surface area contributed by atoms with Crippen LogP contribution in [0.2, 0.25) is 0 Å². The van der Waals surface area contributed by atoms with Gasteiger partial charge in [-0.3, -0.25) is 0 Å². The molecule has 0 aliphatic heterocycles. The van der Waals surface area contributed by atoms with Gasteiger partial charge in [-0.25, -0.2) is 5.10 Å². The maximum Gasteiger partial charge on any atom is 0.216 e. The van der Waals surface area contributed by atoms with Gasteiger partial charge in [0.2, 0.25) is 4.77 Å². The predicted molar refractivity (Wildman–Crippen MR) is 100 cm³/mol. The van der Waals surface area contributed by atoms with E-state index >= 15 is 0 Å². The van der Waals surface area contributed by atoms with Crippen molar-refractivity contribution < 1.29 is 9.47 Å². The number of benzene rings is 2. The van der Waals surface area contributed by atoms with Crippen LogP contribution in [-0.2, 0) is 0 Å². The molecule has 0 radical (unpaired) electrons. The maximum atomic E-state index is 5.35. The molecule has 3 aromatic rings. The highest BCUT2D eigenvalue weighted by molar-refractivity contribution is 7.71. The normalized spacial score (nSPS) is 11.0. The number of hydrogen-bond donors (Lipinski definition) is 1. The number of H-pyrrole nitrogens is 1. The van der Waals surface area contributed by atoms with Crippen LogP contribution in [0.1, 0.15) is 11.1 Å². The van der Waals surface area contributed by atoms with Crippen molar-refractivity contribution in [2.24, 2.45) is 5.10 Å². The second kappa shape index (κ2) is 7.31. The number of hydrogen-bond acceptors (Lipinski definition) is 5. The summed E-state index contributed by atoms with van der Waals surface area (Å²) in [6.07, 6.45) is 1.73. The zero-order valence-corrected chi connectivity index (χ0v) is 15.0. The summed E-state index contributed by atoms with van der Waals surface area (Å²) in [7, 11) is 3.22. The quantitative estimate of drug-likeness (QED) is 0.559. The molecule has 0 saturated carbocycles. The van der Waals surface area contributed by atoms with Gasteiger partial charge in [-0.1, -0.05) is 30.3 Å². The highest BCUT2D eigenvalue weighted by atomic mass is 32.1. The fraction of sp³-hybridized carbons (Fsp3) is 0.167. The van der Waals surface area contributed by atoms with E-state index in [1.165, 1.54) is 0 Å². The standard InChI is InChI=1S/C18H18N4O2S/c1-12-9-15(23-2)16(24-3)10-14(12)11-19-22-17(20-21-18(22)25)13-7-5-4-6-8-13/h4-11H,1-3H3,(H,21,25)/b19-11-. The summed E-state index contributed by atoms with van der Waals surface area (Å²) in [4.78, 5) is 0. The molecule has 1 aromatic heterocycles. The molecular formula is C18H18N4O2S. The molecule has 0 bridgehead atoms. The Kier molecular flexibility index (Phi) is 4.95. The van der Waals surface area contributed by atoms with E-state index in [2.05, 4.69) is 15.3 Å². The van der Waals surface area contributed by atoms with Crippen LogP contribution < -0.4 is 9.47 Å². The van der Waals surface area contributed by atoms with Gasteiger partial charge in [-0.15, -0.1) is 0 Å². The minimum Gasteiger partial charge on any atom is -0.493 e. The summed E-state index contributed by atoms with van der Waals surface area (Å²) < 4.78 is 12.7. The SMILES string of the molecule is COc1cc(C)c(/C=N\n2c(-c3ccccc3)n[nH]c2=S)cc1OC. The minimum atomic E-state index is 0.424. The summed E-state index contributed by atoms with van der Waals surface area (Å²) >= 11 is 5.30.